The second-order valence-corrected chi connectivity index (χ2v) is 6.70. The highest BCUT2D eigenvalue weighted by atomic mass is 16.6. The maximum Gasteiger partial charge on any atom is 0.328 e. The van der Waals surface area contributed by atoms with Gasteiger partial charge >= 0.3 is 5.97 Å². The highest BCUT2D eigenvalue weighted by Crippen LogP contribution is 2.25. The smallest absolute Gasteiger partial charge is 0.328 e. The molecule has 1 aromatic carbocycles. The Hall–Kier alpha value is -1.86. The van der Waals surface area contributed by atoms with Crippen LogP contribution in [0.5, 0.6) is 0 Å². The van der Waals surface area contributed by atoms with Crippen LogP contribution in [0.3, 0.4) is 0 Å². The predicted molar refractivity (Wildman–Crippen MR) is 83.4 cm³/mol. The van der Waals surface area contributed by atoms with Gasteiger partial charge in [0.1, 0.15) is 6.61 Å². The van der Waals surface area contributed by atoms with Crippen LogP contribution in [0.1, 0.15) is 50.7 Å². The third kappa shape index (κ3) is 4.08. The fourth-order valence-corrected chi connectivity index (χ4v) is 2.47. The Balaban J connectivity index is 2.01. The summed E-state index contributed by atoms with van der Waals surface area (Å²) in [4.78, 5) is 12.1. The second-order valence-electron chi connectivity index (χ2n) is 6.70. The van der Waals surface area contributed by atoms with Gasteiger partial charge in [-0.15, -0.1) is 0 Å². The number of carbonyl (C=O) groups is 1. The summed E-state index contributed by atoms with van der Waals surface area (Å²) in [6.45, 7) is 7.33. The summed E-state index contributed by atoms with van der Waals surface area (Å²) in [6, 6.07) is 9.64. The van der Waals surface area contributed by atoms with Crippen LogP contribution in [0.15, 0.2) is 24.3 Å². The van der Waals surface area contributed by atoms with Crippen LogP contribution in [-0.4, -0.2) is 25.3 Å². The van der Waals surface area contributed by atoms with Crippen LogP contribution in [0.2, 0.25) is 0 Å². The molecule has 0 aromatic heterocycles. The molecule has 0 amide bonds. The first-order valence-corrected chi connectivity index (χ1v) is 7.70. The molecule has 0 N–H and O–H groups in total. The lowest BCUT2D eigenvalue weighted by Gasteiger charge is -2.19. The molecule has 0 radical (unpaired) electrons. The van der Waals surface area contributed by atoms with Gasteiger partial charge in [-0.1, -0.05) is 45.0 Å². The molecule has 4 heteroatoms. The van der Waals surface area contributed by atoms with Crippen LogP contribution in [0.4, 0.5) is 0 Å². The number of esters is 1. The molecule has 4 nitrogen and oxygen atoms in total. The van der Waals surface area contributed by atoms with Crippen molar-refractivity contribution >= 4 is 5.97 Å². The molecule has 1 aromatic rings. The molecule has 2 atom stereocenters. The summed E-state index contributed by atoms with van der Waals surface area (Å²) >= 11 is 0. The molecular formula is C18H23NO3. The van der Waals surface area contributed by atoms with Gasteiger partial charge in [0.2, 0.25) is 0 Å². The lowest BCUT2D eigenvalue weighted by atomic mass is 9.86. The van der Waals surface area contributed by atoms with E-state index in [1.807, 2.05) is 30.3 Å². The molecule has 118 valence electrons. The number of nitriles is 1. The predicted octanol–water partition coefficient (Wildman–Crippen LogP) is 3.31. The minimum Gasteiger partial charge on any atom is -0.462 e. The highest BCUT2D eigenvalue weighted by Gasteiger charge is 2.25. The first-order chi connectivity index (χ1) is 10.4. The van der Waals surface area contributed by atoms with Gasteiger partial charge in [0.15, 0.2) is 5.92 Å². The first-order valence-electron chi connectivity index (χ1n) is 7.70. The Morgan fingerprint density at radius 2 is 2.09 bits per heavy atom. The van der Waals surface area contributed by atoms with E-state index in [-0.39, 0.29) is 18.1 Å². The summed E-state index contributed by atoms with van der Waals surface area (Å²) in [5.74, 6) is -1.38. The Bertz CT molecular complexity index is 545. The van der Waals surface area contributed by atoms with E-state index in [0.29, 0.717) is 5.56 Å². The largest absolute Gasteiger partial charge is 0.462 e. The molecule has 1 aliphatic rings. The van der Waals surface area contributed by atoms with Crippen molar-refractivity contribution in [2.24, 2.45) is 0 Å². The first kappa shape index (κ1) is 16.5. The van der Waals surface area contributed by atoms with Gasteiger partial charge in [-0.05, 0) is 29.4 Å². The minimum absolute atomic E-state index is 0.0217. The molecule has 0 bridgehead atoms. The highest BCUT2D eigenvalue weighted by molar-refractivity contribution is 5.81. The van der Waals surface area contributed by atoms with Gasteiger partial charge in [-0.2, -0.15) is 5.26 Å². The molecule has 0 saturated carbocycles. The molecule has 1 heterocycles. The lowest BCUT2D eigenvalue weighted by molar-refractivity contribution is -0.147. The van der Waals surface area contributed by atoms with Crippen molar-refractivity contribution in [3.05, 3.63) is 35.4 Å². The summed E-state index contributed by atoms with van der Waals surface area (Å²) < 4.78 is 10.7. The van der Waals surface area contributed by atoms with E-state index in [0.717, 1.165) is 19.4 Å². The third-order valence-electron chi connectivity index (χ3n) is 3.91. The van der Waals surface area contributed by atoms with Crippen molar-refractivity contribution in [3.63, 3.8) is 0 Å². The summed E-state index contributed by atoms with van der Waals surface area (Å²) in [7, 11) is 0. The Kier molecular flexibility index (Phi) is 5.20. The number of ether oxygens (including phenoxy) is 2. The number of benzene rings is 1. The van der Waals surface area contributed by atoms with Crippen LogP contribution in [0.25, 0.3) is 0 Å². The average molecular weight is 301 g/mol. The van der Waals surface area contributed by atoms with E-state index in [9.17, 15) is 10.1 Å². The van der Waals surface area contributed by atoms with E-state index >= 15 is 0 Å². The summed E-state index contributed by atoms with van der Waals surface area (Å²) in [5, 5.41) is 9.29. The number of nitrogens with zero attached hydrogens (tertiary/aromatic N) is 1. The van der Waals surface area contributed by atoms with Crippen LogP contribution in [-0.2, 0) is 19.7 Å². The van der Waals surface area contributed by atoms with Crippen molar-refractivity contribution in [2.75, 3.05) is 13.2 Å². The Morgan fingerprint density at radius 3 is 2.59 bits per heavy atom. The SMILES string of the molecule is CC(C)(C)c1ccc(C(C#N)C(=O)OCC2CCCO2)cc1. The summed E-state index contributed by atoms with van der Waals surface area (Å²) in [6.07, 6.45) is 1.88. The summed E-state index contributed by atoms with van der Waals surface area (Å²) in [5.41, 5.74) is 1.88. The van der Waals surface area contributed by atoms with Gasteiger partial charge in [-0.3, -0.25) is 4.79 Å². The van der Waals surface area contributed by atoms with E-state index in [2.05, 4.69) is 20.8 Å². The third-order valence-corrected chi connectivity index (χ3v) is 3.91. The quantitative estimate of drug-likeness (QED) is 0.800. The zero-order chi connectivity index (χ0) is 16.2. The maximum atomic E-state index is 12.1. The van der Waals surface area contributed by atoms with Gasteiger partial charge in [0, 0.05) is 6.61 Å². The van der Waals surface area contributed by atoms with Crippen molar-refractivity contribution in [3.8, 4) is 6.07 Å². The van der Waals surface area contributed by atoms with E-state index in [1.165, 1.54) is 5.56 Å². The lowest BCUT2D eigenvalue weighted by Crippen LogP contribution is -2.21. The van der Waals surface area contributed by atoms with Gasteiger partial charge < -0.3 is 9.47 Å². The molecule has 0 aliphatic carbocycles. The van der Waals surface area contributed by atoms with E-state index in [1.54, 1.807) is 0 Å². The molecule has 2 unspecified atom stereocenters. The van der Waals surface area contributed by atoms with Gasteiger partial charge in [-0.25, -0.2) is 0 Å². The van der Waals surface area contributed by atoms with Crippen molar-refractivity contribution in [1.29, 1.82) is 5.26 Å². The fraction of sp³-hybridized carbons (Fsp3) is 0.556. The second kappa shape index (κ2) is 6.93. The van der Waals surface area contributed by atoms with Crippen molar-refractivity contribution < 1.29 is 14.3 Å². The van der Waals surface area contributed by atoms with Gasteiger partial charge in [0.25, 0.3) is 0 Å². The molecule has 1 saturated heterocycles. The number of rotatable bonds is 4. The molecule has 2 rings (SSSR count). The zero-order valence-electron chi connectivity index (χ0n) is 13.5. The van der Waals surface area contributed by atoms with Gasteiger partial charge in [0.05, 0.1) is 12.2 Å². The average Bonchev–Trinajstić information content (AvgIpc) is 2.99. The Labute approximate surface area is 132 Å². The maximum absolute atomic E-state index is 12.1. The van der Waals surface area contributed by atoms with E-state index in [4.69, 9.17) is 9.47 Å². The molecular weight excluding hydrogens is 278 g/mol. The van der Waals surface area contributed by atoms with Crippen LogP contribution in [0, 0.1) is 11.3 Å². The van der Waals surface area contributed by atoms with Crippen LogP contribution < -0.4 is 0 Å². The topological polar surface area (TPSA) is 59.3 Å². The molecule has 1 aliphatic heterocycles. The number of hydrogen-bond acceptors (Lipinski definition) is 4. The number of hydrogen-bond donors (Lipinski definition) is 0. The van der Waals surface area contributed by atoms with E-state index < -0.39 is 11.9 Å². The normalized spacial score (nSPS) is 19.5. The standard InChI is InChI=1S/C18H23NO3/c1-18(2,3)14-8-6-13(7-9-14)16(11-19)17(20)22-12-15-5-4-10-21-15/h6-9,15-16H,4-5,10,12H2,1-3H3. The Morgan fingerprint density at radius 1 is 1.41 bits per heavy atom. The van der Waals surface area contributed by atoms with Crippen molar-refractivity contribution in [1.82, 2.24) is 0 Å². The number of carbonyl (C=O) groups excluding carboxylic acids is 1. The molecule has 22 heavy (non-hydrogen) atoms. The minimum atomic E-state index is -0.879. The molecule has 1 fully saturated rings. The fourth-order valence-electron chi connectivity index (χ4n) is 2.47. The zero-order valence-corrected chi connectivity index (χ0v) is 13.5. The van der Waals surface area contributed by atoms with Crippen molar-refractivity contribution in [2.45, 2.75) is 51.0 Å². The van der Waals surface area contributed by atoms with Crippen LogP contribution >= 0.6 is 0 Å². The monoisotopic (exact) mass is 301 g/mol. The molecule has 0 spiro atoms.